The average molecular weight is 330 g/mol. The second kappa shape index (κ2) is 5.59. The minimum atomic E-state index is -0.423. The number of esters is 1. The summed E-state index contributed by atoms with van der Waals surface area (Å²) in [6.45, 7) is -0.125. The summed E-state index contributed by atoms with van der Waals surface area (Å²) in [5.41, 5.74) is 0. The van der Waals surface area contributed by atoms with Gasteiger partial charge in [0.05, 0.1) is 7.11 Å². The van der Waals surface area contributed by atoms with Gasteiger partial charge in [0.25, 0.3) is 0 Å². The van der Waals surface area contributed by atoms with Crippen LogP contribution in [0.1, 0.15) is 0 Å². The van der Waals surface area contributed by atoms with E-state index in [-0.39, 0.29) is 6.61 Å². The Bertz CT molecular complexity index is 598. The molecule has 5 heteroatoms. The van der Waals surface area contributed by atoms with Crippen LogP contribution in [0.15, 0.2) is 34.8 Å². The van der Waals surface area contributed by atoms with E-state index >= 15 is 0 Å². The molecule has 0 saturated carbocycles. The molecular weight excluding hydrogens is 319 g/mol. The molecule has 0 N–H and O–H groups in total. The predicted octanol–water partition coefficient (Wildman–Crippen LogP) is 3.81. The van der Waals surface area contributed by atoms with Gasteiger partial charge in [-0.2, -0.15) is 0 Å². The van der Waals surface area contributed by atoms with Crippen LogP contribution in [-0.4, -0.2) is 19.7 Å². The van der Waals surface area contributed by atoms with Crippen LogP contribution in [0.3, 0.4) is 0 Å². The lowest BCUT2D eigenvalue weighted by Crippen LogP contribution is -2.12. The molecule has 0 amide bonds. The van der Waals surface area contributed by atoms with Crippen molar-refractivity contribution in [1.29, 1.82) is 0 Å². The van der Waals surface area contributed by atoms with Crippen molar-refractivity contribution in [2.75, 3.05) is 13.7 Å². The third kappa shape index (κ3) is 2.76. The van der Waals surface area contributed by atoms with Gasteiger partial charge in [0.2, 0.25) is 0 Å². The minimum absolute atomic E-state index is 0.125. The summed E-state index contributed by atoms with van der Waals surface area (Å²) in [4.78, 5) is 11.1. The van der Waals surface area contributed by atoms with Crippen molar-refractivity contribution in [2.24, 2.45) is 0 Å². The van der Waals surface area contributed by atoms with Gasteiger partial charge >= 0.3 is 5.97 Å². The Morgan fingerprint density at radius 2 is 2.06 bits per heavy atom. The van der Waals surface area contributed by atoms with E-state index in [0.717, 1.165) is 15.2 Å². The molecule has 0 fully saturated rings. The van der Waals surface area contributed by atoms with E-state index in [2.05, 4.69) is 20.7 Å². The van der Waals surface area contributed by atoms with E-state index in [1.807, 2.05) is 18.2 Å². The van der Waals surface area contributed by atoms with Gasteiger partial charge in [0.15, 0.2) is 6.61 Å². The molecule has 0 aliphatic carbocycles. The van der Waals surface area contributed by atoms with Crippen molar-refractivity contribution < 1.29 is 14.3 Å². The highest BCUT2D eigenvalue weighted by Gasteiger charge is 2.08. The summed E-state index contributed by atoms with van der Waals surface area (Å²) in [5.74, 6) is 0.175. The third-order valence-electron chi connectivity index (χ3n) is 2.46. The Morgan fingerprint density at radius 3 is 2.78 bits per heavy atom. The number of halogens is 2. The summed E-state index contributed by atoms with van der Waals surface area (Å²) in [6, 6.07) is 9.17. The first-order valence-electron chi connectivity index (χ1n) is 5.19. The molecule has 0 saturated heterocycles. The van der Waals surface area contributed by atoms with Gasteiger partial charge in [-0.05, 0) is 24.3 Å². The molecule has 18 heavy (non-hydrogen) atoms. The quantitative estimate of drug-likeness (QED) is 0.803. The Labute approximate surface area is 118 Å². The van der Waals surface area contributed by atoms with Gasteiger partial charge in [-0.1, -0.05) is 33.6 Å². The molecule has 0 aromatic heterocycles. The highest BCUT2D eigenvalue weighted by molar-refractivity contribution is 9.10. The maximum absolute atomic E-state index is 11.1. The van der Waals surface area contributed by atoms with Gasteiger partial charge in [-0.3, -0.25) is 0 Å². The van der Waals surface area contributed by atoms with E-state index in [9.17, 15) is 4.79 Å². The van der Waals surface area contributed by atoms with Crippen molar-refractivity contribution in [3.05, 3.63) is 39.8 Å². The Kier molecular flexibility index (Phi) is 4.09. The fourth-order valence-corrected chi connectivity index (χ4v) is 2.17. The summed E-state index contributed by atoms with van der Waals surface area (Å²) in [6.07, 6.45) is 0. The van der Waals surface area contributed by atoms with E-state index in [1.54, 1.807) is 12.1 Å². The first-order chi connectivity index (χ1) is 8.61. The first kappa shape index (κ1) is 13.2. The van der Waals surface area contributed by atoms with Crippen LogP contribution in [0, 0.1) is 0 Å². The Hall–Kier alpha value is -1.26. The van der Waals surface area contributed by atoms with Gasteiger partial charge < -0.3 is 9.47 Å². The molecule has 0 unspecified atom stereocenters. The van der Waals surface area contributed by atoms with Crippen molar-refractivity contribution in [1.82, 2.24) is 0 Å². The van der Waals surface area contributed by atoms with Gasteiger partial charge in [0.1, 0.15) is 5.75 Å². The molecule has 94 valence electrons. The lowest BCUT2D eigenvalue weighted by Gasteiger charge is -2.09. The van der Waals surface area contributed by atoms with Crippen LogP contribution in [0.5, 0.6) is 5.75 Å². The molecule has 0 aliphatic rings. The zero-order valence-corrected chi connectivity index (χ0v) is 11.9. The third-order valence-corrected chi connectivity index (χ3v) is 3.28. The zero-order chi connectivity index (χ0) is 13.1. The molecule has 3 nitrogen and oxygen atoms in total. The Balaban J connectivity index is 2.41. The average Bonchev–Trinajstić information content (AvgIpc) is 2.37. The van der Waals surface area contributed by atoms with E-state index < -0.39 is 5.97 Å². The highest BCUT2D eigenvalue weighted by Crippen LogP contribution is 2.33. The number of hydrogen-bond donors (Lipinski definition) is 0. The smallest absolute Gasteiger partial charge is 0.343 e. The molecule has 0 aliphatic heterocycles. The number of carbonyl (C=O) groups is 1. The lowest BCUT2D eigenvalue weighted by atomic mass is 10.1. The maximum Gasteiger partial charge on any atom is 0.343 e. The van der Waals surface area contributed by atoms with Crippen LogP contribution in [0.4, 0.5) is 0 Å². The zero-order valence-electron chi connectivity index (χ0n) is 9.57. The van der Waals surface area contributed by atoms with Gasteiger partial charge in [-0.15, -0.1) is 0 Å². The van der Waals surface area contributed by atoms with Crippen molar-refractivity contribution >= 4 is 44.3 Å². The van der Waals surface area contributed by atoms with Crippen LogP contribution in [0.2, 0.25) is 5.02 Å². The number of fused-ring (bicyclic) bond motifs is 1. The molecule has 0 heterocycles. The van der Waals surface area contributed by atoms with Crippen LogP contribution in [0.25, 0.3) is 10.8 Å². The largest absolute Gasteiger partial charge is 0.481 e. The SMILES string of the molecule is COC(=O)COc1ccc(Cl)c2ccc(Br)cc12. The Morgan fingerprint density at radius 1 is 1.28 bits per heavy atom. The number of benzene rings is 2. The number of rotatable bonds is 3. The minimum Gasteiger partial charge on any atom is -0.481 e. The van der Waals surface area contributed by atoms with Crippen LogP contribution < -0.4 is 4.74 Å². The van der Waals surface area contributed by atoms with Crippen LogP contribution >= 0.6 is 27.5 Å². The second-order valence-corrected chi connectivity index (χ2v) is 4.92. The molecule has 0 bridgehead atoms. The normalized spacial score (nSPS) is 10.4. The van der Waals surface area contributed by atoms with E-state index in [1.165, 1.54) is 7.11 Å². The van der Waals surface area contributed by atoms with E-state index in [0.29, 0.717) is 10.8 Å². The fourth-order valence-electron chi connectivity index (χ4n) is 1.58. The molecule has 0 atom stereocenters. The fraction of sp³-hybridized carbons (Fsp3) is 0.154. The topological polar surface area (TPSA) is 35.5 Å². The van der Waals surface area contributed by atoms with Gasteiger partial charge in [-0.25, -0.2) is 4.79 Å². The second-order valence-electron chi connectivity index (χ2n) is 3.60. The first-order valence-corrected chi connectivity index (χ1v) is 6.36. The summed E-state index contributed by atoms with van der Waals surface area (Å²) >= 11 is 9.50. The summed E-state index contributed by atoms with van der Waals surface area (Å²) < 4.78 is 10.9. The number of carbonyl (C=O) groups excluding carboxylic acids is 1. The molecule has 0 spiro atoms. The van der Waals surface area contributed by atoms with Crippen molar-refractivity contribution in [3.8, 4) is 5.75 Å². The molecule has 2 aromatic carbocycles. The summed E-state index contributed by atoms with van der Waals surface area (Å²) in [7, 11) is 1.32. The summed E-state index contributed by atoms with van der Waals surface area (Å²) in [5, 5.41) is 2.37. The number of ether oxygens (including phenoxy) is 2. The van der Waals surface area contributed by atoms with E-state index in [4.69, 9.17) is 16.3 Å². The van der Waals surface area contributed by atoms with Crippen molar-refractivity contribution in [3.63, 3.8) is 0 Å². The standard InChI is InChI=1S/C13H10BrClO3/c1-17-13(16)7-18-12-5-4-11(15)9-3-2-8(14)6-10(9)12/h2-6H,7H2,1H3. The van der Waals surface area contributed by atoms with Crippen molar-refractivity contribution in [2.45, 2.75) is 0 Å². The van der Waals surface area contributed by atoms with Gasteiger partial charge in [0, 0.05) is 20.3 Å². The number of hydrogen-bond acceptors (Lipinski definition) is 3. The monoisotopic (exact) mass is 328 g/mol. The lowest BCUT2D eigenvalue weighted by molar-refractivity contribution is -0.142. The predicted molar refractivity (Wildman–Crippen MR) is 74.2 cm³/mol. The van der Waals surface area contributed by atoms with Crippen LogP contribution in [-0.2, 0) is 9.53 Å². The number of methoxy groups -OCH3 is 1. The molecule has 0 radical (unpaired) electrons. The highest BCUT2D eigenvalue weighted by atomic mass is 79.9. The molecule has 2 rings (SSSR count). The maximum atomic E-state index is 11.1. The molecule has 2 aromatic rings. The molecular formula is C13H10BrClO3.